The van der Waals surface area contributed by atoms with E-state index in [1.54, 1.807) is 44.2 Å². The summed E-state index contributed by atoms with van der Waals surface area (Å²) >= 11 is 0. The molecule has 1 heterocycles. The van der Waals surface area contributed by atoms with Gasteiger partial charge in [0.25, 0.3) is 17.5 Å². The highest BCUT2D eigenvalue weighted by Gasteiger charge is 2.37. The number of imide groups is 2. The number of nitro benzene ring substituents is 1. The fourth-order valence-electron chi connectivity index (χ4n) is 3.90. The van der Waals surface area contributed by atoms with E-state index in [1.165, 1.54) is 42.5 Å². The summed E-state index contributed by atoms with van der Waals surface area (Å²) in [4.78, 5) is 61.5. The Morgan fingerprint density at radius 2 is 1.63 bits per heavy atom. The smallest absolute Gasteiger partial charge is 0.338 e. The van der Waals surface area contributed by atoms with Crippen LogP contribution in [-0.4, -0.2) is 42.0 Å². The van der Waals surface area contributed by atoms with E-state index < -0.39 is 28.7 Å². The number of carbonyl (C=O) groups is 4. The van der Waals surface area contributed by atoms with Crippen molar-refractivity contribution in [3.8, 4) is 11.5 Å². The zero-order valence-corrected chi connectivity index (χ0v) is 22.1. The van der Waals surface area contributed by atoms with Gasteiger partial charge in [-0.2, -0.15) is 0 Å². The fraction of sp³-hybridized carbons (Fsp3) is 0.172. The number of nitrogens with zero attached hydrogens (tertiary/aromatic N) is 2. The summed E-state index contributed by atoms with van der Waals surface area (Å²) in [6, 6.07) is 15.4. The average molecular weight is 560 g/mol. The first-order valence-electron chi connectivity index (χ1n) is 12.5. The highest BCUT2D eigenvalue weighted by atomic mass is 16.6. The van der Waals surface area contributed by atoms with Crippen molar-refractivity contribution in [2.45, 2.75) is 20.5 Å². The molecular formula is C29H25N3O9. The minimum absolute atomic E-state index is 0.0311. The molecule has 0 atom stereocenters. The van der Waals surface area contributed by atoms with Gasteiger partial charge >= 0.3 is 12.0 Å². The first kappa shape index (κ1) is 28.5. The molecule has 0 bridgehead atoms. The number of benzene rings is 3. The summed E-state index contributed by atoms with van der Waals surface area (Å²) < 4.78 is 16.5. The normalized spacial score (nSPS) is 14.0. The molecule has 3 aromatic rings. The van der Waals surface area contributed by atoms with Crippen LogP contribution in [0.3, 0.4) is 0 Å². The van der Waals surface area contributed by atoms with Crippen molar-refractivity contribution >= 4 is 41.3 Å². The second-order valence-electron chi connectivity index (χ2n) is 8.58. The zero-order valence-electron chi connectivity index (χ0n) is 22.1. The van der Waals surface area contributed by atoms with Crippen LogP contribution in [0.15, 0.2) is 72.3 Å². The highest BCUT2D eigenvalue weighted by molar-refractivity contribution is 6.39. The predicted molar refractivity (Wildman–Crippen MR) is 146 cm³/mol. The Kier molecular flexibility index (Phi) is 8.72. The van der Waals surface area contributed by atoms with E-state index in [0.717, 1.165) is 4.90 Å². The van der Waals surface area contributed by atoms with E-state index in [-0.39, 0.29) is 35.7 Å². The van der Waals surface area contributed by atoms with Gasteiger partial charge in [-0.05, 0) is 79.6 Å². The van der Waals surface area contributed by atoms with Gasteiger partial charge in [-0.25, -0.2) is 14.5 Å². The van der Waals surface area contributed by atoms with Gasteiger partial charge in [-0.15, -0.1) is 0 Å². The van der Waals surface area contributed by atoms with Gasteiger partial charge in [0, 0.05) is 12.1 Å². The largest absolute Gasteiger partial charge is 0.490 e. The summed E-state index contributed by atoms with van der Waals surface area (Å²) in [7, 11) is 0. The maximum atomic E-state index is 13.3. The molecular weight excluding hydrogens is 534 g/mol. The number of nitro groups is 1. The van der Waals surface area contributed by atoms with Crippen LogP contribution in [0, 0.1) is 10.1 Å². The van der Waals surface area contributed by atoms with E-state index in [4.69, 9.17) is 14.2 Å². The van der Waals surface area contributed by atoms with Crippen LogP contribution >= 0.6 is 0 Å². The molecule has 0 aliphatic carbocycles. The number of carbonyl (C=O) groups excluding carboxylic acids is 4. The Morgan fingerprint density at radius 3 is 2.27 bits per heavy atom. The van der Waals surface area contributed by atoms with Crippen LogP contribution in [0.5, 0.6) is 11.5 Å². The number of non-ortho nitro benzene ring substituents is 1. The maximum Gasteiger partial charge on any atom is 0.338 e. The van der Waals surface area contributed by atoms with Crippen molar-refractivity contribution in [3.05, 3.63) is 99.1 Å². The van der Waals surface area contributed by atoms with Gasteiger partial charge in [0.1, 0.15) is 12.2 Å². The topological polar surface area (TPSA) is 154 Å². The van der Waals surface area contributed by atoms with Crippen LogP contribution in [0.25, 0.3) is 6.08 Å². The lowest BCUT2D eigenvalue weighted by Crippen LogP contribution is -2.54. The fourth-order valence-corrected chi connectivity index (χ4v) is 3.90. The van der Waals surface area contributed by atoms with Gasteiger partial charge in [-0.1, -0.05) is 6.07 Å². The number of ether oxygens (including phenoxy) is 3. The molecule has 3 aromatic carbocycles. The third-order valence-corrected chi connectivity index (χ3v) is 5.86. The van der Waals surface area contributed by atoms with Gasteiger partial charge in [-0.3, -0.25) is 25.0 Å². The van der Waals surface area contributed by atoms with Crippen molar-refractivity contribution in [1.29, 1.82) is 0 Å². The van der Waals surface area contributed by atoms with E-state index >= 15 is 0 Å². The summed E-state index contributed by atoms with van der Waals surface area (Å²) in [6.45, 7) is 4.07. The monoisotopic (exact) mass is 559 g/mol. The Labute approximate surface area is 234 Å². The number of esters is 1. The van der Waals surface area contributed by atoms with Crippen LogP contribution in [-0.2, 0) is 20.9 Å². The Bertz CT molecular complexity index is 1530. The third kappa shape index (κ3) is 6.56. The summed E-state index contributed by atoms with van der Waals surface area (Å²) in [5.74, 6) is -1.54. The molecule has 4 amide bonds. The molecule has 210 valence electrons. The Morgan fingerprint density at radius 1 is 0.927 bits per heavy atom. The highest BCUT2D eigenvalue weighted by Crippen LogP contribution is 2.31. The SMILES string of the molecule is CCOC(=O)c1ccc(N2C(=O)NC(=O)/C(=C\c3ccc(OCc4ccc([N+](=O)[O-])cc4)c(OCC)c3)C2=O)cc1. The molecule has 1 aliphatic heterocycles. The lowest BCUT2D eigenvalue weighted by atomic mass is 10.1. The van der Waals surface area contributed by atoms with Crippen molar-refractivity contribution in [2.75, 3.05) is 18.1 Å². The predicted octanol–water partition coefficient (Wildman–Crippen LogP) is 4.42. The lowest BCUT2D eigenvalue weighted by molar-refractivity contribution is -0.384. The summed E-state index contributed by atoms with van der Waals surface area (Å²) in [5.41, 5.74) is 1.21. The number of amides is 4. The second-order valence-corrected chi connectivity index (χ2v) is 8.58. The van der Waals surface area contributed by atoms with Crippen molar-refractivity contribution in [3.63, 3.8) is 0 Å². The minimum Gasteiger partial charge on any atom is -0.490 e. The van der Waals surface area contributed by atoms with Crippen LogP contribution in [0.4, 0.5) is 16.2 Å². The molecule has 41 heavy (non-hydrogen) atoms. The molecule has 0 unspecified atom stereocenters. The number of urea groups is 1. The van der Waals surface area contributed by atoms with Crippen molar-refractivity contribution in [1.82, 2.24) is 5.32 Å². The van der Waals surface area contributed by atoms with Gasteiger partial charge in [0.2, 0.25) is 0 Å². The molecule has 1 N–H and O–H groups in total. The number of hydrogen-bond donors (Lipinski definition) is 1. The lowest BCUT2D eigenvalue weighted by Gasteiger charge is -2.26. The van der Waals surface area contributed by atoms with Crippen molar-refractivity contribution < 1.29 is 38.3 Å². The molecule has 1 saturated heterocycles. The molecule has 0 saturated carbocycles. The standard InChI is InChI=1S/C29H25N3O9/c1-3-39-25-16-19(7-14-24(25)41-17-18-5-10-22(11-6-18)32(37)38)15-23-26(33)30-29(36)31(27(23)34)21-12-8-20(9-13-21)28(35)40-4-2/h5-16H,3-4,17H2,1-2H3,(H,30,33,36)/b23-15+. The first-order valence-corrected chi connectivity index (χ1v) is 12.5. The van der Waals surface area contributed by atoms with E-state index in [9.17, 15) is 29.3 Å². The number of barbiturate groups is 1. The van der Waals surface area contributed by atoms with Crippen molar-refractivity contribution in [2.24, 2.45) is 0 Å². The third-order valence-electron chi connectivity index (χ3n) is 5.86. The average Bonchev–Trinajstić information content (AvgIpc) is 2.95. The molecule has 0 aromatic heterocycles. The number of anilines is 1. The maximum absolute atomic E-state index is 13.3. The number of rotatable bonds is 10. The van der Waals surface area contributed by atoms with Gasteiger partial charge in [0.15, 0.2) is 11.5 Å². The molecule has 1 fully saturated rings. The Balaban J connectivity index is 1.56. The molecule has 0 radical (unpaired) electrons. The van der Waals surface area contributed by atoms with E-state index in [0.29, 0.717) is 29.2 Å². The summed E-state index contributed by atoms with van der Waals surface area (Å²) in [6.07, 6.45) is 1.33. The number of nitrogens with one attached hydrogen (secondary N) is 1. The molecule has 0 spiro atoms. The zero-order chi connectivity index (χ0) is 29.5. The van der Waals surface area contributed by atoms with E-state index in [2.05, 4.69) is 5.32 Å². The molecule has 12 nitrogen and oxygen atoms in total. The van der Waals surface area contributed by atoms with Gasteiger partial charge < -0.3 is 14.2 Å². The number of hydrogen-bond acceptors (Lipinski definition) is 9. The van der Waals surface area contributed by atoms with E-state index in [1.807, 2.05) is 0 Å². The van der Waals surface area contributed by atoms with Crippen LogP contribution in [0.1, 0.15) is 35.3 Å². The molecule has 1 aliphatic rings. The Hall–Kier alpha value is -5.52. The minimum atomic E-state index is -0.925. The van der Waals surface area contributed by atoms with Crippen LogP contribution in [0.2, 0.25) is 0 Å². The first-order chi connectivity index (χ1) is 19.7. The van der Waals surface area contributed by atoms with Gasteiger partial charge in [0.05, 0.1) is 29.4 Å². The molecule has 12 heteroatoms. The molecule has 4 rings (SSSR count). The second kappa shape index (κ2) is 12.6. The quantitative estimate of drug-likeness (QED) is 0.125. The summed E-state index contributed by atoms with van der Waals surface area (Å²) in [5, 5.41) is 13.0. The van der Waals surface area contributed by atoms with Crippen LogP contribution < -0.4 is 19.7 Å².